The molecule has 2 aromatic rings. The van der Waals surface area contributed by atoms with E-state index in [9.17, 15) is 4.79 Å². The van der Waals surface area contributed by atoms with Gasteiger partial charge in [0.15, 0.2) is 0 Å². The Morgan fingerprint density at radius 3 is 2.70 bits per heavy atom. The quantitative estimate of drug-likeness (QED) is 0.895. The normalized spacial score (nSPS) is 16.6. The largest absolute Gasteiger partial charge is 0.356 e. The fraction of sp³-hybridized carbons (Fsp3) is 0.625. The summed E-state index contributed by atoms with van der Waals surface area (Å²) >= 11 is 0. The van der Waals surface area contributed by atoms with Crippen molar-refractivity contribution in [2.75, 3.05) is 6.54 Å². The fourth-order valence-corrected chi connectivity index (χ4v) is 3.09. The van der Waals surface area contributed by atoms with E-state index in [1.165, 1.54) is 5.56 Å². The highest BCUT2D eigenvalue weighted by Gasteiger charge is 2.24. The van der Waals surface area contributed by atoms with Gasteiger partial charge in [-0.25, -0.2) is 0 Å². The number of nitrogens with zero attached hydrogens (tertiary/aromatic N) is 5. The van der Waals surface area contributed by atoms with Gasteiger partial charge < -0.3 is 9.88 Å². The third kappa shape index (κ3) is 3.13. The highest BCUT2D eigenvalue weighted by atomic mass is 16.1. The summed E-state index contributed by atoms with van der Waals surface area (Å²) in [7, 11) is 0. The molecule has 1 atom stereocenters. The molecule has 7 heteroatoms. The van der Waals surface area contributed by atoms with E-state index < -0.39 is 0 Å². The molecule has 0 bridgehead atoms. The van der Waals surface area contributed by atoms with Crippen molar-refractivity contribution in [1.82, 2.24) is 29.9 Å². The number of fused-ring (bicyclic) bond motifs is 1. The summed E-state index contributed by atoms with van der Waals surface area (Å²) in [4.78, 5) is 12.1. The molecule has 1 aliphatic rings. The van der Waals surface area contributed by atoms with E-state index in [0.717, 1.165) is 36.0 Å². The van der Waals surface area contributed by atoms with E-state index in [-0.39, 0.29) is 5.91 Å². The molecule has 1 aliphatic heterocycles. The van der Waals surface area contributed by atoms with Gasteiger partial charge in [-0.15, -0.1) is 10.2 Å². The van der Waals surface area contributed by atoms with Gasteiger partial charge in [-0.3, -0.25) is 9.48 Å². The van der Waals surface area contributed by atoms with Crippen LogP contribution in [-0.2, 0) is 24.3 Å². The van der Waals surface area contributed by atoms with Crippen LogP contribution in [0.1, 0.15) is 35.0 Å². The molecule has 0 fully saturated rings. The number of amides is 1. The summed E-state index contributed by atoms with van der Waals surface area (Å²) in [5, 5.41) is 15.7. The van der Waals surface area contributed by atoms with Gasteiger partial charge in [-0.1, -0.05) is 0 Å². The van der Waals surface area contributed by atoms with Gasteiger partial charge in [-0.2, -0.15) is 5.10 Å². The number of aryl methyl sites for hydroxylation is 3. The van der Waals surface area contributed by atoms with Crippen molar-refractivity contribution >= 4 is 5.91 Å². The average Bonchev–Trinajstić information content (AvgIpc) is 3.15. The molecule has 0 saturated heterocycles. The first-order valence-electron chi connectivity index (χ1n) is 8.11. The molecule has 0 aliphatic carbocycles. The lowest BCUT2D eigenvalue weighted by Gasteiger charge is -2.11. The maximum absolute atomic E-state index is 12.1. The molecule has 23 heavy (non-hydrogen) atoms. The van der Waals surface area contributed by atoms with E-state index in [0.29, 0.717) is 25.4 Å². The molecule has 1 amide bonds. The van der Waals surface area contributed by atoms with Gasteiger partial charge in [0.1, 0.15) is 11.6 Å². The van der Waals surface area contributed by atoms with Crippen LogP contribution in [0, 0.1) is 33.6 Å². The SMILES string of the molecule is Cc1nn(CCC(=O)NCC2Cc3nnc(C)n3C2)c(C)c1C. The van der Waals surface area contributed by atoms with E-state index in [2.05, 4.69) is 32.1 Å². The van der Waals surface area contributed by atoms with Crippen molar-refractivity contribution in [3.63, 3.8) is 0 Å². The lowest BCUT2D eigenvalue weighted by Crippen LogP contribution is -2.30. The Morgan fingerprint density at radius 2 is 2.04 bits per heavy atom. The van der Waals surface area contributed by atoms with Crippen LogP contribution in [0.4, 0.5) is 0 Å². The Morgan fingerprint density at radius 1 is 1.26 bits per heavy atom. The summed E-state index contributed by atoms with van der Waals surface area (Å²) < 4.78 is 4.06. The molecular formula is C16H24N6O. The van der Waals surface area contributed by atoms with E-state index in [4.69, 9.17) is 0 Å². The molecule has 2 aromatic heterocycles. The first-order valence-corrected chi connectivity index (χ1v) is 8.11. The molecule has 124 valence electrons. The van der Waals surface area contributed by atoms with E-state index >= 15 is 0 Å². The van der Waals surface area contributed by atoms with Crippen molar-refractivity contribution in [1.29, 1.82) is 0 Å². The van der Waals surface area contributed by atoms with Crippen LogP contribution in [-0.4, -0.2) is 37.0 Å². The van der Waals surface area contributed by atoms with Crippen LogP contribution < -0.4 is 5.32 Å². The van der Waals surface area contributed by atoms with Crippen LogP contribution in [0.5, 0.6) is 0 Å². The number of hydrogen-bond acceptors (Lipinski definition) is 4. The summed E-state index contributed by atoms with van der Waals surface area (Å²) in [6.45, 7) is 10.3. The highest BCUT2D eigenvalue weighted by Crippen LogP contribution is 2.19. The first kappa shape index (κ1) is 15.7. The van der Waals surface area contributed by atoms with E-state index in [1.807, 2.05) is 25.5 Å². The first-order chi connectivity index (χ1) is 11.0. The third-order valence-corrected chi connectivity index (χ3v) is 4.81. The molecule has 0 aromatic carbocycles. The minimum atomic E-state index is 0.0783. The van der Waals surface area contributed by atoms with E-state index in [1.54, 1.807) is 0 Å². The number of hydrogen-bond donors (Lipinski definition) is 1. The van der Waals surface area contributed by atoms with Crippen molar-refractivity contribution in [2.24, 2.45) is 5.92 Å². The summed E-state index contributed by atoms with van der Waals surface area (Å²) in [6, 6.07) is 0. The second-order valence-electron chi connectivity index (χ2n) is 6.42. The molecule has 1 unspecified atom stereocenters. The molecule has 0 radical (unpaired) electrons. The zero-order valence-corrected chi connectivity index (χ0v) is 14.3. The topological polar surface area (TPSA) is 77.6 Å². The Balaban J connectivity index is 1.45. The zero-order chi connectivity index (χ0) is 16.6. The van der Waals surface area contributed by atoms with Gasteiger partial charge in [0.25, 0.3) is 0 Å². The van der Waals surface area contributed by atoms with Crippen LogP contribution in [0.2, 0.25) is 0 Å². The molecular weight excluding hydrogens is 292 g/mol. The Bertz CT molecular complexity index is 729. The molecule has 7 nitrogen and oxygen atoms in total. The maximum atomic E-state index is 12.1. The predicted molar refractivity (Wildman–Crippen MR) is 86.0 cm³/mol. The number of carbonyl (C=O) groups is 1. The van der Waals surface area contributed by atoms with Crippen LogP contribution in [0.3, 0.4) is 0 Å². The third-order valence-electron chi connectivity index (χ3n) is 4.81. The second kappa shape index (κ2) is 6.14. The highest BCUT2D eigenvalue weighted by molar-refractivity contribution is 5.75. The minimum Gasteiger partial charge on any atom is -0.356 e. The van der Waals surface area contributed by atoms with Gasteiger partial charge in [-0.05, 0) is 33.3 Å². The monoisotopic (exact) mass is 316 g/mol. The zero-order valence-electron chi connectivity index (χ0n) is 14.3. The van der Waals surface area contributed by atoms with Crippen molar-refractivity contribution in [3.8, 4) is 0 Å². The summed E-state index contributed by atoms with van der Waals surface area (Å²) in [5.41, 5.74) is 3.38. The lowest BCUT2D eigenvalue weighted by molar-refractivity contribution is -0.121. The number of aromatic nitrogens is 5. The summed E-state index contributed by atoms with van der Waals surface area (Å²) in [6.07, 6.45) is 1.34. The number of rotatable bonds is 5. The Hall–Kier alpha value is -2.18. The maximum Gasteiger partial charge on any atom is 0.221 e. The lowest BCUT2D eigenvalue weighted by atomic mass is 10.1. The average molecular weight is 316 g/mol. The van der Waals surface area contributed by atoms with Crippen LogP contribution >= 0.6 is 0 Å². The Labute approximate surface area is 136 Å². The number of nitrogens with one attached hydrogen (secondary N) is 1. The van der Waals surface area contributed by atoms with Crippen molar-refractivity contribution in [2.45, 2.75) is 53.6 Å². The van der Waals surface area contributed by atoms with Gasteiger partial charge in [0, 0.05) is 44.1 Å². The van der Waals surface area contributed by atoms with Crippen LogP contribution in [0.15, 0.2) is 0 Å². The number of carbonyl (C=O) groups excluding carboxylic acids is 1. The minimum absolute atomic E-state index is 0.0783. The fourth-order valence-electron chi connectivity index (χ4n) is 3.09. The molecule has 3 heterocycles. The van der Waals surface area contributed by atoms with Crippen molar-refractivity contribution < 1.29 is 4.79 Å². The molecule has 1 N–H and O–H groups in total. The predicted octanol–water partition coefficient (Wildman–Crippen LogP) is 1.09. The van der Waals surface area contributed by atoms with Gasteiger partial charge in [0.05, 0.1) is 5.69 Å². The molecule has 0 spiro atoms. The Kier molecular flexibility index (Phi) is 4.19. The standard InChI is InChI=1S/C16H24N6O/c1-10-11(2)20-22(12(10)3)6-5-16(23)17-8-14-7-15-19-18-13(4)21(15)9-14/h14H,5-9H2,1-4H3,(H,17,23). The molecule has 0 saturated carbocycles. The smallest absolute Gasteiger partial charge is 0.221 e. The molecule has 3 rings (SSSR count). The van der Waals surface area contributed by atoms with Gasteiger partial charge >= 0.3 is 0 Å². The van der Waals surface area contributed by atoms with Crippen LogP contribution in [0.25, 0.3) is 0 Å². The summed E-state index contributed by atoms with van der Waals surface area (Å²) in [5.74, 6) is 2.47. The van der Waals surface area contributed by atoms with Gasteiger partial charge in [0.2, 0.25) is 5.91 Å². The van der Waals surface area contributed by atoms with Crippen molar-refractivity contribution in [3.05, 3.63) is 28.6 Å². The second-order valence-corrected chi connectivity index (χ2v) is 6.42.